The van der Waals surface area contributed by atoms with Crippen molar-refractivity contribution in [3.63, 3.8) is 0 Å². The summed E-state index contributed by atoms with van der Waals surface area (Å²) in [5.74, 6) is 0. The normalized spacial score (nSPS) is 17.7. The van der Waals surface area contributed by atoms with E-state index >= 15 is 0 Å². The summed E-state index contributed by atoms with van der Waals surface area (Å²) in [5.41, 5.74) is 1.51. The highest BCUT2D eigenvalue weighted by molar-refractivity contribution is 5.59. The van der Waals surface area contributed by atoms with Gasteiger partial charge in [0.25, 0.3) is 5.69 Å². The quantitative estimate of drug-likeness (QED) is 0.640. The third-order valence-electron chi connectivity index (χ3n) is 4.41. The number of benzene rings is 1. The lowest BCUT2D eigenvalue weighted by Crippen LogP contribution is -2.35. The molecule has 0 atom stereocenters. The third kappa shape index (κ3) is 3.10. The molecule has 0 bridgehead atoms. The summed E-state index contributed by atoms with van der Waals surface area (Å²) in [6, 6.07) is 5.07. The first-order valence-corrected chi connectivity index (χ1v) is 7.17. The molecule has 0 saturated heterocycles. The van der Waals surface area contributed by atoms with Crippen LogP contribution in [0.4, 0.5) is 11.4 Å². The largest absolute Gasteiger partial charge is 0.396 e. The fraction of sp³-hybridized carbons (Fsp3) is 0.600. The SMILES string of the molecule is Cc1c(NCC2(CO)CCCCC2)cccc1[N+](=O)[O-]. The molecule has 2 N–H and O–H groups in total. The molecule has 1 aliphatic carbocycles. The Bertz CT molecular complexity index is 482. The highest BCUT2D eigenvalue weighted by Crippen LogP contribution is 2.36. The minimum absolute atomic E-state index is 0.0741. The van der Waals surface area contributed by atoms with Crippen LogP contribution in [0.25, 0.3) is 0 Å². The van der Waals surface area contributed by atoms with E-state index in [2.05, 4.69) is 5.32 Å². The molecule has 1 aromatic carbocycles. The topological polar surface area (TPSA) is 75.4 Å². The van der Waals surface area contributed by atoms with Gasteiger partial charge in [0.2, 0.25) is 0 Å². The van der Waals surface area contributed by atoms with Crippen molar-refractivity contribution in [3.05, 3.63) is 33.9 Å². The second kappa shape index (κ2) is 6.22. The Morgan fingerprint density at radius 1 is 1.35 bits per heavy atom. The third-order valence-corrected chi connectivity index (χ3v) is 4.41. The van der Waals surface area contributed by atoms with Gasteiger partial charge in [0.15, 0.2) is 0 Å². The van der Waals surface area contributed by atoms with Gasteiger partial charge in [-0.1, -0.05) is 25.3 Å². The molecule has 110 valence electrons. The molecule has 0 radical (unpaired) electrons. The summed E-state index contributed by atoms with van der Waals surface area (Å²) >= 11 is 0. The van der Waals surface area contributed by atoms with Crippen molar-refractivity contribution in [2.75, 3.05) is 18.5 Å². The lowest BCUT2D eigenvalue weighted by molar-refractivity contribution is -0.385. The van der Waals surface area contributed by atoms with E-state index in [1.165, 1.54) is 12.5 Å². The first kappa shape index (κ1) is 14.8. The zero-order valence-corrected chi connectivity index (χ0v) is 11.9. The molecule has 0 aromatic heterocycles. The van der Waals surface area contributed by atoms with Crippen LogP contribution in [0.2, 0.25) is 0 Å². The predicted octanol–water partition coefficient (Wildman–Crippen LogP) is 3.26. The molecule has 0 unspecified atom stereocenters. The van der Waals surface area contributed by atoms with Gasteiger partial charge in [-0.15, -0.1) is 0 Å². The minimum atomic E-state index is -0.358. The Morgan fingerprint density at radius 2 is 2.05 bits per heavy atom. The molecular weight excluding hydrogens is 256 g/mol. The zero-order chi connectivity index (χ0) is 14.6. The molecule has 2 rings (SSSR count). The number of aliphatic hydroxyl groups is 1. The molecule has 0 aliphatic heterocycles. The van der Waals surface area contributed by atoms with E-state index in [1.54, 1.807) is 13.0 Å². The number of hydrogen-bond acceptors (Lipinski definition) is 4. The van der Waals surface area contributed by atoms with Crippen LogP contribution in [0.5, 0.6) is 0 Å². The molecule has 0 heterocycles. The molecule has 20 heavy (non-hydrogen) atoms. The van der Waals surface area contributed by atoms with Gasteiger partial charge >= 0.3 is 0 Å². The monoisotopic (exact) mass is 278 g/mol. The second-order valence-corrected chi connectivity index (χ2v) is 5.78. The van der Waals surface area contributed by atoms with Gasteiger partial charge in [0.1, 0.15) is 0 Å². The number of hydrogen-bond donors (Lipinski definition) is 2. The molecule has 1 saturated carbocycles. The van der Waals surface area contributed by atoms with Crippen LogP contribution >= 0.6 is 0 Å². The van der Waals surface area contributed by atoms with Crippen LogP contribution in [-0.4, -0.2) is 23.2 Å². The van der Waals surface area contributed by atoms with Crippen molar-refractivity contribution in [2.24, 2.45) is 5.41 Å². The standard InChI is InChI=1S/C15H22N2O3/c1-12-13(6-5-7-14(12)17(19)20)16-10-15(11-18)8-3-2-4-9-15/h5-7,16,18H,2-4,8-11H2,1H3. The molecule has 1 aliphatic rings. The Kier molecular flexibility index (Phi) is 4.60. The van der Waals surface area contributed by atoms with E-state index < -0.39 is 0 Å². The van der Waals surface area contributed by atoms with Crippen LogP contribution in [0.3, 0.4) is 0 Å². The van der Waals surface area contributed by atoms with E-state index in [0.717, 1.165) is 31.4 Å². The number of nitrogens with zero attached hydrogens (tertiary/aromatic N) is 1. The number of nitro groups is 1. The van der Waals surface area contributed by atoms with E-state index in [-0.39, 0.29) is 22.6 Å². The zero-order valence-electron chi connectivity index (χ0n) is 11.9. The van der Waals surface area contributed by atoms with E-state index in [1.807, 2.05) is 6.07 Å². The lowest BCUT2D eigenvalue weighted by atomic mass is 9.74. The smallest absolute Gasteiger partial charge is 0.274 e. The van der Waals surface area contributed by atoms with Gasteiger partial charge in [-0.2, -0.15) is 0 Å². The summed E-state index contributed by atoms with van der Waals surface area (Å²) < 4.78 is 0. The van der Waals surface area contributed by atoms with Gasteiger partial charge in [0.05, 0.1) is 11.5 Å². The Morgan fingerprint density at radius 3 is 2.65 bits per heavy atom. The fourth-order valence-electron chi connectivity index (χ4n) is 2.99. The van der Waals surface area contributed by atoms with E-state index in [0.29, 0.717) is 12.1 Å². The van der Waals surface area contributed by atoms with Gasteiger partial charge < -0.3 is 10.4 Å². The molecule has 1 fully saturated rings. The van der Waals surface area contributed by atoms with Crippen LogP contribution in [0.1, 0.15) is 37.7 Å². The Hall–Kier alpha value is -1.62. The van der Waals surface area contributed by atoms with Gasteiger partial charge in [-0.3, -0.25) is 10.1 Å². The lowest BCUT2D eigenvalue weighted by Gasteiger charge is -2.36. The first-order valence-electron chi connectivity index (χ1n) is 7.17. The van der Waals surface area contributed by atoms with Gasteiger partial charge in [-0.05, 0) is 25.8 Å². The maximum Gasteiger partial charge on any atom is 0.274 e. The van der Waals surface area contributed by atoms with Crippen molar-refractivity contribution in [3.8, 4) is 0 Å². The summed E-state index contributed by atoms with van der Waals surface area (Å²) in [4.78, 5) is 10.6. The van der Waals surface area contributed by atoms with Crippen molar-refractivity contribution in [1.29, 1.82) is 0 Å². The highest BCUT2D eigenvalue weighted by atomic mass is 16.6. The van der Waals surface area contributed by atoms with E-state index in [9.17, 15) is 15.2 Å². The Balaban J connectivity index is 2.10. The predicted molar refractivity (Wildman–Crippen MR) is 78.9 cm³/mol. The average molecular weight is 278 g/mol. The van der Waals surface area contributed by atoms with Gasteiger partial charge in [0, 0.05) is 29.3 Å². The molecule has 0 spiro atoms. The average Bonchev–Trinajstić information content (AvgIpc) is 2.47. The summed E-state index contributed by atoms with van der Waals surface area (Å²) in [5, 5.41) is 23.9. The minimum Gasteiger partial charge on any atom is -0.396 e. The van der Waals surface area contributed by atoms with Crippen molar-refractivity contribution >= 4 is 11.4 Å². The van der Waals surface area contributed by atoms with Crippen LogP contribution in [0, 0.1) is 22.5 Å². The van der Waals surface area contributed by atoms with Crippen LogP contribution in [-0.2, 0) is 0 Å². The summed E-state index contributed by atoms with van der Waals surface area (Å²) in [6.07, 6.45) is 5.57. The van der Waals surface area contributed by atoms with Gasteiger partial charge in [-0.25, -0.2) is 0 Å². The number of aliphatic hydroxyl groups excluding tert-OH is 1. The van der Waals surface area contributed by atoms with Crippen LogP contribution in [0.15, 0.2) is 18.2 Å². The molecule has 5 nitrogen and oxygen atoms in total. The molecule has 0 amide bonds. The van der Waals surface area contributed by atoms with Crippen molar-refractivity contribution < 1.29 is 10.0 Å². The maximum atomic E-state index is 10.9. The number of rotatable bonds is 5. The fourth-order valence-corrected chi connectivity index (χ4v) is 2.99. The number of anilines is 1. The van der Waals surface area contributed by atoms with Crippen molar-refractivity contribution in [1.82, 2.24) is 0 Å². The highest BCUT2D eigenvalue weighted by Gasteiger charge is 2.31. The summed E-state index contributed by atoms with van der Waals surface area (Å²) in [7, 11) is 0. The van der Waals surface area contributed by atoms with E-state index in [4.69, 9.17) is 0 Å². The van der Waals surface area contributed by atoms with Crippen molar-refractivity contribution in [2.45, 2.75) is 39.0 Å². The maximum absolute atomic E-state index is 10.9. The molecule has 5 heteroatoms. The van der Waals surface area contributed by atoms with Crippen LogP contribution < -0.4 is 5.32 Å². The second-order valence-electron chi connectivity index (χ2n) is 5.78. The number of nitrogens with one attached hydrogen (secondary N) is 1. The Labute approximate surface area is 119 Å². The summed E-state index contributed by atoms with van der Waals surface area (Å²) in [6.45, 7) is 2.60. The molecule has 1 aromatic rings. The molecular formula is C15H22N2O3. The number of nitro benzene ring substituents is 1. The first-order chi connectivity index (χ1) is 9.58.